The molecule has 10 atom stereocenters. The van der Waals surface area contributed by atoms with E-state index in [4.69, 9.17) is 5.73 Å². The minimum Gasteiger partial charge on any atom is -0.370 e. The third-order valence-electron chi connectivity index (χ3n) is 10.9. The second-order valence-corrected chi connectivity index (χ2v) is 12.3. The first-order valence-corrected chi connectivity index (χ1v) is 12.4. The fourth-order valence-corrected chi connectivity index (χ4v) is 9.40. The average Bonchev–Trinajstić information content (AvgIpc) is 2.98. The number of hydrogen-bond acceptors (Lipinski definition) is 1. The predicted molar refractivity (Wildman–Crippen MR) is 117 cm³/mol. The summed E-state index contributed by atoms with van der Waals surface area (Å²) in [5.74, 6) is 6.95. The zero-order valence-corrected chi connectivity index (χ0v) is 19.2. The summed E-state index contributed by atoms with van der Waals surface area (Å²) in [5.41, 5.74) is 6.57. The zero-order valence-electron chi connectivity index (χ0n) is 19.2. The fourth-order valence-electron chi connectivity index (χ4n) is 9.40. The van der Waals surface area contributed by atoms with E-state index in [0.717, 1.165) is 47.8 Å². The molecule has 7 unspecified atom stereocenters. The molecule has 0 aliphatic heterocycles. The van der Waals surface area contributed by atoms with Crippen molar-refractivity contribution in [1.82, 2.24) is 0 Å². The van der Waals surface area contributed by atoms with Crippen LogP contribution in [0.4, 0.5) is 0 Å². The molecule has 28 heavy (non-hydrogen) atoms. The fraction of sp³-hybridized carbons (Fsp3) is 0.962. The normalized spacial score (nSPS) is 51.7. The molecule has 2 heteroatoms. The number of carbonyl (C=O) groups is 1. The number of carbonyl (C=O) groups excluding carboxylic acids is 1. The Labute approximate surface area is 173 Å². The van der Waals surface area contributed by atoms with Crippen molar-refractivity contribution in [3.8, 4) is 0 Å². The van der Waals surface area contributed by atoms with Gasteiger partial charge in [-0.3, -0.25) is 4.79 Å². The van der Waals surface area contributed by atoms with Crippen molar-refractivity contribution in [2.24, 2.45) is 63.9 Å². The van der Waals surface area contributed by atoms with Crippen LogP contribution in [0.5, 0.6) is 0 Å². The molecule has 0 aromatic rings. The molecule has 1 amide bonds. The molecule has 0 radical (unpaired) electrons. The summed E-state index contributed by atoms with van der Waals surface area (Å²) >= 11 is 0. The Hall–Kier alpha value is -0.530. The molecule has 0 bridgehead atoms. The Bertz CT molecular complexity index is 601. The van der Waals surface area contributed by atoms with Crippen LogP contribution < -0.4 is 5.73 Å². The number of primary amides is 1. The molecule has 2 nitrogen and oxygen atoms in total. The minimum atomic E-state index is -0.123. The van der Waals surface area contributed by atoms with Gasteiger partial charge in [0.15, 0.2) is 0 Å². The van der Waals surface area contributed by atoms with Crippen molar-refractivity contribution in [2.75, 3.05) is 0 Å². The summed E-state index contributed by atoms with van der Waals surface area (Å²) < 4.78 is 0. The highest BCUT2D eigenvalue weighted by Crippen LogP contribution is 2.69. The Morgan fingerprint density at radius 2 is 1.68 bits per heavy atom. The van der Waals surface area contributed by atoms with E-state index in [1.165, 1.54) is 51.4 Å². The highest BCUT2D eigenvalue weighted by molar-refractivity contribution is 5.73. The van der Waals surface area contributed by atoms with Crippen LogP contribution in [-0.2, 0) is 4.79 Å². The van der Waals surface area contributed by atoms with Crippen LogP contribution in [0.2, 0.25) is 0 Å². The lowest BCUT2D eigenvalue weighted by molar-refractivity contribution is -0.142. The van der Waals surface area contributed by atoms with Crippen molar-refractivity contribution < 1.29 is 4.79 Å². The molecule has 160 valence electrons. The summed E-state index contributed by atoms with van der Waals surface area (Å²) in [6, 6.07) is 0. The van der Waals surface area contributed by atoms with E-state index in [9.17, 15) is 4.79 Å². The average molecular weight is 388 g/mol. The van der Waals surface area contributed by atoms with Crippen molar-refractivity contribution >= 4 is 5.91 Å². The van der Waals surface area contributed by atoms with Crippen LogP contribution in [0.15, 0.2) is 0 Å². The number of fused-ring (bicyclic) bond motifs is 5. The van der Waals surface area contributed by atoms with Crippen LogP contribution in [-0.4, -0.2) is 5.91 Å². The van der Waals surface area contributed by atoms with Gasteiger partial charge >= 0.3 is 0 Å². The van der Waals surface area contributed by atoms with Gasteiger partial charge in [0.05, 0.1) is 0 Å². The van der Waals surface area contributed by atoms with Gasteiger partial charge < -0.3 is 5.73 Å². The Balaban J connectivity index is 1.55. The lowest BCUT2D eigenvalue weighted by atomic mass is 9.42. The Morgan fingerprint density at radius 3 is 2.39 bits per heavy atom. The molecule has 0 saturated heterocycles. The second kappa shape index (κ2) is 7.31. The molecular formula is C26H45NO. The van der Waals surface area contributed by atoms with E-state index < -0.39 is 0 Å². The van der Waals surface area contributed by atoms with Gasteiger partial charge in [0.1, 0.15) is 0 Å². The molecule has 0 aromatic carbocycles. The van der Waals surface area contributed by atoms with Crippen LogP contribution in [0.1, 0.15) is 98.8 Å². The molecule has 2 N–H and O–H groups in total. The lowest BCUT2D eigenvalue weighted by Gasteiger charge is -2.63. The number of hydrogen-bond donors (Lipinski definition) is 1. The van der Waals surface area contributed by atoms with E-state index in [1.54, 1.807) is 0 Å². The van der Waals surface area contributed by atoms with Crippen molar-refractivity contribution in [3.05, 3.63) is 0 Å². The highest BCUT2D eigenvalue weighted by Gasteiger charge is 2.61. The molecule has 0 heterocycles. The quantitative estimate of drug-likeness (QED) is 0.593. The number of nitrogens with two attached hydrogens (primary N) is 1. The van der Waals surface area contributed by atoms with Gasteiger partial charge in [-0.2, -0.15) is 0 Å². The monoisotopic (exact) mass is 387 g/mol. The molecular weight excluding hydrogens is 342 g/mol. The second-order valence-electron chi connectivity index (χ2n) is 12.3. The van der Waals surface area contributed by atoms with Crippen molar-refractivity contribution in [2.45, 2.75) is 98.8 Å². The predicted octanol–water partition coefficient (Wildman–Crippen LogP) is 6.43. The van der Waals surface area contributed by atoms with Gasteiger partial charge in [0.25, 0.3) is 0 Å². The van der Waals surface area contributed by atoms with Crippen LogP contribution in [0.25, 0.3) is 0 Å². The highest BCUT2D eigenvalue weighted by atomic mass is 16.1. The molecule has 0 aromatic heterocycles. The maximum atomic E-state index is 11.3. The lowest BCUT2D eigenvalue weighted by Crippen LogP contribution is -2.56. The summed E-state index contributed by atoms with van der Waals surface area (Å²) in [4.78, 5) is 11.3. The smallest absolute Gasteiger partial charge is 0.217 e. The maximum Gasteiger partial charge on any atom is 0.217 e. The van der Waals surface area contributed by atoms with E-state index in [0.29, 0.717) is 23.2 Å². The largest absolute Gasteiger partial charge is 0.370 e. The van der Waals surface area contributed by atoms with Crippen molar-refractivity contribution in [1.29, 1.82) is 0 Å². The third kappa shape index (κ3) is 3.16. The van der Waals surface area contributed by atoms with Gasteiger partial charge in [-0.15, -0.1) is 0 Å². The van der Waals surface area contributed by atoms with E-state index in [1.807, 2.05) is 0 Å². The number of rotatable bonds is 4. The molecule has 4 aliphatic rings. The third-order valence-corrected chi connectivity index (χ3v) is 10.9. The van der Waals surface area contributed by atoms with E-state index in [-0.39, 0.29) is 5.91 Å². The van der Waals surface area contributed by atoms with E-state index in [2.05, 4.69) is 34.6 Å². The molecule has 4 saturated carbocycles. The van der Waals surface area contributed by atoms with Crippen LogP contribution in [0.3, 0.4) is 0 Å². The molecule has 4 aliphatic carbocycles. The summed E-state index contributed by atoms with van der Waals surface area (Å²) in [7, 11) is 0. The zero-order chi connectivity index (χ0) is 20.3. The van der Waals surface area contributed by atoms with Gasteiger partial charge in [0, 0.05) is 6.42 Å². The Kier molecular flexibility index (Phi) is 5.41. The summed E-state index contributed by atoms with van der Waals surface area (Å²) in [6.45, 7) is 12.8. The Morgan fingerprint density at radius 1 is 1.00 bits per heavy atom. The molecule has 4 rings (SSSR count). The van der Waals surface area contributed by atoms with Gasteiger partial charge in [-0.25, -0.2) is 0 Å². The first-order valence-electron chi connectivity index (χ1n) is 12.4. The summed E-state index contributed by atoms with van der Waals surface area (Å²) in [5, 5.41) is 0. The van der Waals surface area contributed by atoms with E-state index >= 15 is 0 Å². The van der Waals surface area contributed by atoms with Crippen LogP contribution in [0, 0.1) is 58.2 Å². The first kappa shape index (κ1) is 20.7. The topological polar surface area (TPSA) is 43.1 Å². The SMILES string of the molecule is CC1CCC2(C)C(C1)C[C@@H](C)[C@H]1C2CCC2(C)C(C(C)CCC(N)=O)CC[C@H]12. The first-order chi connectivity index (χ1) is 13.2. The molecule has 4 fully saturated rings. The minimum absolute atomic E-state index is 0.123. The number of amides is 1. The summed E-state index contributed by atoms with van der Waals surface area (Å²) in [6.07, 6.45) is 13.2. The van der Waals surface area contributed by atoms with Gasteiger partial charge in [-0.05, 0) is 110 Å². The standard InChI is InChI=1S/C26H45NO/c1-16-10-12-25(4)19(14-16)15-18(3)24-21-8-7-20(17(2)6-9-23(27)28)26(21,5)13-11-22(24)25/h16-22,24H,6-15H2,1-5H3,(H2,27,28)/t16?,17?,18-,19?,20?,21-,22?,24-,25?,26?/m1/s1. The maximum absolute atomic E-state index is 11.3. The van der Waals surface area contributed by atoms with Gasteiger partial charge in [0.2, 0.25) is 5.91 Å². The molecule has 0 spiro atoms. The van der Waals surface area contributed by atoms with Crippen LogP contribution >= 0.6 is 0 Å². The van der Waals surface area contributed by atoms with Crippen molar-refractivity contribution in [3.63, 3.8) is 0 Å². The van der Waals surface area contributed by atoms with Gasteiger partial charge in [-0.1, -0.05) is 41.0 Å².